The molecule has 0 aliphatic heterocycles. The second kappa shape index (κ2) is 7.40. The number of thiophene rings is 2. The van der Waals surface area contributed by atoms with Crippen molar-refractivity contribution in [3.8, 4) is 0 Å². The highest BCUT2D eigenvalue weighted by atomic mass is 32.1. The maximum Gasteiger partial charge on any atom is 0.252 e. The number of ether oxygens (including phenoxy) is 1. The van der Waals surface area contributed by atoms with Gasteiger partial charge in [0.1, 0.15) is 6.10 Å². The van der Waals surface area contributed by atoms with Crippen LogP contribution in [0.4, 0.5) is 0 Å². The summed E-state index contributed by atoms with van der Waals surface area (Å²) < 4.78 is 5.55. The largest absolute Gasteiger partial charge is 0.394 e. The van der Waals surface area contributed by atoms with E-state index in [1.165, 1.54) is 11.3 Å². The first-order valence-electron chi connectivity index (χ1n) is 5.87. The zero-order chi connectivity index (χ0) is 13.5. The minimum Gasteiger partial charge on any atom is -0.394 e. The molecule has 0 radical (unpaired) electrons. The highest BCUT2D eigenvalue weighted by molar-refractivity contribution is 7.10. The molecule has 2 N–H and O–H groups in total. The molecule has 0 saturated carbocycles. The fraction of sp³-hybridized carbons (Fsp3) is 0.308. The number of rotatable bonds is 7. The van der Waals surface area contributed by atoms with Crippen molar-refractivity contribution in [1.29, 1.82) is 0 Å². The van der Waals surface area contributed by atoms with Crippen molar-refractivity contribution < 1.29 is 14.6 Å². The summed E-state index contributed by atoms with van der Waals surface area (Å²) in [5, 5.41) is 17.3. The molecule has 1 amide bonds. The molecule has 2 aromatic rings. The van der Waals surface area contributed by atoms with Gasteiger partial charge in [-0.25, -0.2) is 0 Å². The van der Waals surface area contributed by atoms with Gasteiger partial charge in [0, 0.05) is 22.4 Å². The fourth-order valence-corrected chi connectivity index (χ4v) is 3.00. The predicted molar refractivity (Wildman–Crippen MR) is 76.8 cm³/mol. The van der Waals surface area contributed by atoms with E-state index in [1.807, 2.05) is 28.3 Å². The molecule has 0 unspecified atom stereocenters. The van der Waals surface area contributed by atoms with Gasteiger partial charge in [-0.15, -0.1) is 11.3 Å². The molecule has 6 heteroatoms. The Balaban J connectivity index is 1.91. The van der Waals surface area contributed by atoms with Crippen LogP contribution < -0.4 is 5.32 Å². The smallest absolute Gasteiger partial charge is 0.252 e. The molecule has 102 valence electrons. The lowest BCUT2D eigenvalue weighted by Crippen LogP contribution is -2.29. The highest BCUT2D eigenvalue weighted by Crippen LogP contribution is 2.22. The number of hydrogen-bond donors (Lipinski definition) is 2. The fourth-order valence-electron chi connectivity index (χ4n) is 1.59. The molecule has 2 rings (SSSR count). The number of nitrogens with one attached hydrogen (secondary N) is 1. The molecular weight excluding hydrogens is 282 g/mol. The first-order valence-corrected chi connectivity index (χ1v) is 7.69. The molecule has 0 spiro atoms. The molecule has 0 aromatic carbocycles. The SMILES string of the molecule is O=C(NC[C@@H](OCCO)c1cccs1)c1ccsc1. The Morgan fingerprint density at radius 1 is 1.42 bits per heavy atom. The van der Waals surface area contributed by atoms with Gasteiger partial charge >= 0.3 is 0 Å². The van der Waals surface area contributed by atoms with Gasteiger partial charge in [0.05, 0.1) is 13.2 Å². The number of aliphatic hydroxyl groups excluding tert-OH is 1. The van der Waals surface area contributed by atoms with Crippen molar-refractivity contribution in [3.05, 3.63) is 44.8 Å². The number of aliphatic hydroxyl groups is 1. The molecule has 4 nitrogen and oxygen atoms in total. The Labute approximate surface area is 119 Å². The first kappa shape index (κ1) is 14.2. The Morgan fingerprint density at radius 2 is 2.32 bits per heavy atom. The van der Waals surface area contributed by atoms with E-state index in [-0.39, 0.29) is 25.2 Å². The topological polar surface area (TPSA) is 58.6 Å². The summed E-state index contributed by atoms with van der Waals surface area (Å²) >= 11 is 3.07. The average molecular weight is 297 g/mol. The van der Waals surface area contributed by atoms with E-state index in [0.29, 0.717) is 12.1 Å². The monoisotopic (exact) mass is 297 g/mol. The molecule has 2 aromatic heterocycles. The standard InChI is InChI=1S/C13H15NO3S2/c15-4-5-17-11(12-2-1-6-19-12)8-14-13(16)10-3-7-18-9-10/h1-3,6-7,9,11,15H,4-5,8H2,(H,14,16)/t11-/m1/s1. The summed E-state index contributed by atoms with van der Waals surface area (Å²) in [4.78, 5) is 12.9. The lowest BCUT2D eigenvalue weighted by Gasteiger charge is -2.16. The Morgan fingerprint density at radius 3 is 2.95 bits per heavy atom. The van der Waals surface area contributed by atoms with E-state index in [1.54, 1.807) is 17.4 Å². The summed E-state index contributed by atoms with van der Waals surface area (Å²) in [5.41, 5.74) is 0.664. The number of carbonyl (C=O) groups is 1. The second-order valence-corrected chi connectivity index (χ2v) is 5.58. The number of carbonyl (C=O) groups excluding carboxylic acids is 1. The molecule has 0 saturated heterocycles. The van der Waals surface area contributed by atoms with Crippen LogP contribution in [-0.4, -0.2) is 30.8 Å². The molecule has 0 aliphatic rings. The van der Waals surface area contributed by atoms with Crippen LogP contribution in [0.25, 0.3) is 0 Å². The van der Waals surface area contributed by atoms with Crippen molar-refractivity contribution in [3.63, 3.8) is 0 Å². The van der Waals surface area contributed by atoms with Crippen LogP contribution >= 0.6 is 22.7 Å². The van der Waals surface area contributed by atoms with Crippen molar-refractivity contribution in [1.82, 2.24) is 5.32 Å². The van der Waals surface area contributed by atoms with Gasteiger partial charge in [-0.3, -0.25) is 4.79 Å². The van der Waals surface area contributed by atoms with Gasteiger partial charge in [-0.1, -0.05) is 6.07 Å². The summed E-state index contributed by atoms with van der Waals surface area (Å²) in [7, 11) is 0. The molecule has 0 bridgehead atoms. The van der Waals surface area contributed by atoms with E-state index in [0.717, 1.165) is 4.88 Å². The van der Waals surface area contributed by atoms with Crippen LogP contribution in [0, 0.1) is 0 Å². The van der Waals surface area contributed by atoms with E-state index < -0.39 is 0 Å². The average Bonchev–Trinajstić information content (AvgIpc) is 3.11. The Bertz CT molecular complexity index is 482. The summed E-state index contributed by atoms with van der Waals surface area (Å²) in [6, 6.07) is 5.69. The molecular formula is C13H15NO3S2. The van der Waals surface area contributed by atoms with Crippen LogP contribution in [-0.2, 0) is 4.74 Å². The summed E-state index contributed by atoms with van der Waals surface area (Å²) in [6.07, 6.45) is -0.213. The quantitative estimate of drug-likeness (QED) is 0.824. The lowest BCUT2D eigenvalue weighted by molar-refractivity contribution is 0.0296. The predicted octanol–water partition coefficient (Wildman–Crippen LogP) is 2.29. The van der Waals surface area contributed by atoms with Crippen LogP contribution in [0.1, 0.15) is 21.3 Å². The van der Waals surface area contributed by atoms with Gasteiger partial charge in [0.25, 0.3) is 5.91 Å². The zero-order valence-corrected chi connectivity index (χ0v) is 11.9. The van der Waals surface area contributed by atoms with Crippen molar-refractivity contribution >= 4 is 28.6 Å². The van der Waals surface area contributed by atoms with E-state index in [2.05, 4.69) is 5.32 Å². The van der Waals surface area contributed by atoms with Gasteiger partial charge in [-0.05, 0) is 22.9 Å². The second-order valence-electron chi connectivity index (χ2n) is 3.82. The minimum atomic E-state index is -0.213. The Kier molecular flexibility index (Phi) is 5.53. The van der Waals surface area contributed by atoms with Crippen LogP contribution in [0.3, 0.4) is 0 Å². The molecule has 0 aliphatic carbocycles. The van der Waals surface area contributed by atoms with E-state index in [9.17, 15) is 4.79 Å². The van der Waals surface area contributed by atoms with E-state index in [4.69, 9.17) is 9.84 Å². The van der Waals surface area contributed by atoms with E-state index >= 15 is 0 Å². The third-order valence-corrected chi connectivity index (χ3v) is 4.15. The summed E-state index contributed by atoms with van der Waals surface area (Å²) in [6.45, 7) is 0.631. The van der Waals surface area contributed by atoms with Crippen molar-refractivity contribution in [2.75, 3.05) is 19.8 Å². The van der Waals surface area contributed by atoms with Crippen LogP contribution in [0.2, 0.25) is 0 Å². The molecule has 1 atom stereocenters. The minimum absolute atomic E-state index is 0.0274. The van der Waals surface area contributed by atoms with Crippen LogP contribution in [0.5, 0.6) is 0 Å². The molecule has 0 fully saturated rings. The zero-order valence-electron chi connectivity index (χ0n) is 10.2. The number of hydrogen-bond acceptors (Lipinski definition) is 5. The Hall–Kier alpha value is -1.21. The third kappa shape index (κ3) is 4.14. The van der Waals surface area contributed by atoms with Crippen molar-refractivity contribution in [2.24, 2.45) is 0 Å². The van der Waals surface area contributed by atoms with Gasteiger partial charge in [0.2, 0.25) is 0 Å². The third-order valence-electron chi connectivity index (χ3n) is 2.50. The van der Waals surface area contributed by atoms with Crippen molar-refractivity contribution in [2.45, 2.75) is 6.10 Å². The maximum absolute atomic E-state index is 11.8. The van der Waals surface area contributed by atoms with Gasteiger partial charge in [-0.2, -0.15) is 11.3 Å². The van der Waals surface area contributed by atoms with Gasteiger partial charge in [0.15, 0.2) is 0 Å². The molecule has 19 heavy (non-hydrogen) atoms. The molecule has 2 heterocycles. The number of amides is 1. The first-order chi connectivity index (χ1) is 9.31. The highest BCUT2D eigenvalue weighted by Gasteiger charge is 2.15. The summed E-state index contributed by atoms with van der Waals surface area (Å²) in [5.74, 6) is -0.101. The van der Waals surface area contributed by atoms with Gasteiger partial charge < -0.3 is 15.2 Å². The maximum atomic E-state index is 11.8. The van der Waals surface area contributed by atoms with Crippen LogP contribution in [0.15, 0.2) is 34.3 Å². The lowest BCUT2D eigenvalue weighted by atomic mass is 10.2. The normalized spacial score (nSPS) is 12.3.